The normalized spacial score (nSPS) is 14.0. The van der Waals surface area contributed by atoms with Crippen LogP contribution < -0.4 is 10.0 Å². The lowest BCUT2D eigenvalue weighted by Gasteiger charge is -2.25. The van der Waals surface area contributed by atoms with E-state index in [9.17, 15) is 18.0 Å². The maximum atomic E-state index is 12.2. The molecule has 3 N–H and O–H groups in total. The molecular formula is C16H24N2O5S. The van der Waals surface area contributed by atoms with Gasteiger partial charge in [-0.15, -0.1) is 0 Å². The van der Waals surface area contributed by atoms with Crippen molar-refractivity contribution in [1.82, 2.24) is 4.72 Å². The number of carbonyl (C=O) groups is 2. The van der Waals surface area contributed by atoms with E-state index in [4.69, 9.17) is 5.11 Å². The molecule has 0 unspecified atom stereocenters. The highest BCUT2D eigenvalue weighted by molar-refractivity contribution is 7.89. The van der Waals surface area contributed by atoms with Crippen LogP contribution in [0.4, 0.5) is 5.69 Å². The summed E-state index contributed by atoms with van der Waals surface area (Å²) >= 11 is 0. The minimum atomic E-state index is -3.62. The second-order valence-corrected chi connectivity index (χ2v) is 8.00. The Bertz CT molecular complexity index is 730. The molecule has 0 saturated heterocycles. The number of anilines is 1. The molecule has 0 radical (unpaired) electrons. The van der Waals surface area contributed by atoms with Gasteiger partial charge in [-0.1, -0.05) is 19.9 Å². The number of aryl methyl sites for hydroxylation is 1. The number of carbonyl (C=O) groups excluding carboxylic acids is 1. The molecule has 1 aromatic rings. The topological polar surface area (TPSA) is 113 Å². The number of carboxylic acid groups (broad SMARTS) is 1. The molecule has 7 nitrogen and oxygen atoms in total. The highest BCUT2D eigenvalue weighted by Gasteiger charge is 2.28. The van der Waals surface area contributed by atoms with Gasteiger partial charge in [-0.25, -0.2) is 13.1 Å². The van der Waals surface area contributed by atoms with Crippen molar-refractivity contribution in [3.63, 3.8) is 0 Å². The average Bonchev–Trinajstić information content (AvgIpc) is 2.48. The van der Waals surface area contributed by atoms with E-state index in [1.807, 2.05) is 6.92 Å². The first-order valence-corrected chi connectivity index (χ1v) is 9.07. The van der Waals surface area contributed by atoms with Crippen LogP contribution in [0, 0.1) is 12.3 Å². The molecule has 0 saturated carbocycles. The largest absolute Gasteiger partial charge is 0.481 e. The zero-order valence-electron chi connectivity index (χ0n) is 14.3. The molecular weight excluding hydrogens is 332 g/mol. The smallest absolute Gasteiger partial charge is 0.303 e. The lowest BCUT2D eigenvalue weighted by atomic mass is 9.80. The molecule has 0 heterocycles. The summed E-state index contributed by atoms with van der Waals surface area (Å²) in [4.78, 5) is 23.2. The molecule has 1 aromatic carbocycles. The lowest BCUT2D eigenvalue weighted by molar-refractivity contribution is -0.140. The third kappa shape index (κ3) is 5.31. The zero-order chi connectivity index (χ0) is 18.5. The van der Waals surface area contributed by atoms with E-state index >= 15 is 0 Å². The molecule has 0 bridgehead atoms. The van der Waals surface area contributed by atoms with Crippen molar-refractivity contribution in [2.75, 3.05) is 12.4 Å². The summed E-state index contributed by atoms with van der Waals surface area (Å²) in [7, 11) is -2.30. The van der Waals surface area contributed by atoms with Gasteiger partial charge in [0.15, 0.2) is 0 Å². The number of nitrogens with one attached hydrogen (secondary N) is 2. The molecule has 0 spiro atoms. The van der Waals surface area contributed by atoms with E-state index in [-0.39, 0.29) is 23.6 Å². The summed E-state index contributed by atoms with van der Waals surface area (Å²) in [6, 6.07) is 4.61. The van der Waals surface area contributed by atoms with Gasteiger partial charge in [-0.3, -0.25) is 9.59 Å². The van der Waals surface area contributed by atoms with Crippen molar-refractivity contribution in [1.29, 1.82) is 0 Å². The predicted molar refractivity (Wildman–Crippen MR) is 91.3 cm³/mol. The van der Waals surface area contributed by atoms with Crippen LogP contribution >= 0.6 is 0 Å². The molecule has 0 aliphatic carbocycles. The van der Waals surface area contributed by atoms with Crippen LogP contribution in [0.15, 0.2) is 23.1 Å². The SMILES string of the molecule is CC[C@@](C)(CC(=O)O)CC(=O)Nc1ccc(C)c(S(=O)(=O)NC)c1. The zero-order valence-corrected chi connectivity index (χ0v) is 15.2. The molecule has 1 rings (SSSR count). The van der Waals surface area contributed by atoms with Gasteiger partial charge in [0.2, 0.25) is 15.9 Å². The van der Waals surface area contributed by atoms with Crippen LogP contribution in [-0.2, 0) is 19.6 Å². The van der Waals surface area contributed by atoms with Crippen LogP contribution in [0.2, 0.25) is 0 Å². The number of carboxylic acids is 1. The Balaban J connectivity index is 2.96. The molecule has 134 valence electrons. The summed E-state index contributed by atoms with van der Waals surface area (Å²) in [5, 5.41) is 11.6. The van der Waals surface area contributed by atoms with Crippen molar-refractivity contribution in [2.24, 2.45) is 5.41 Å². The second-order valence-electron chi connectivity index (χ2n) is 6.15. The maximum Gasteiger partial charge on any atom is 0.303 e. The minimum absolute atomic E-state index is 0.0395. The number of aliphatic carboxylic acids is 1. The van der Waals surface area contributed by atoms with Crippen LogP contribution in [0.5, 0.6) is 0 Å². The Morgan fingerprint density at radius 1 is 1.25 bits per heavy atom. The number of rotatable bonds is 8. The van der Waals surface area contributed by atoms with E-state index in [0.29, 0.717) is 17.7 Å². The summed E-state index contributed by atoms with van der Waals surface area (Å²) in [6.45, 7) is 5.24. The predicted octanol–water partition coefficient (Wildman–Crippen LogP) is 2.12. The van der Waals surface area contributed by atoms with Gasteiger partial charge in [0.1, 0.15) is 0 Å². The number of sulfonamides is 1. The fourth-order valence-corrected chi connectivity index (χ4v) is 3.34. The Morgan fingerprint density at radius 3 is 2.38 bits per heavy atom. The minimum Gasteiger partial charge on any atom is -0.481 e. The highest BCUT2D eigenvalue weighted by atomic mass is 32.2. The highest BCUT2D eigenvalue weighted by Crippen LogP contribution is 2.30. The maximum absolute atomic E-state index is 12.2. The van der Waals surface area contributed by atoms with Crippen molar-refractivity contribution in [3.8, 4) is 0 Å². The van der Waals surface area contributed by atoms with Crippen LogP contribution in [0.1, 0.15) is 38.7 Å². The Morgan fingerprint density at radius 2 is 1.88 bits per heavy atom. The second kappa shape index (κ2) is 7.76. The molecule has 0 aromatic heterocycles. The monoisotopic (exact) mass is 356 g/mol. The van der Waals surface area contributed by atoms with Crippen molar-refractivity contribution >= 4 is 27.6 Å². The number of benzene rings is 1. The number of amides is 1. The Hall–Kier alpha value is -1.93. The number of hydrogen-bond acceptors (Lipinski definition) is 4. The molecule has 24 heavy (non-hydrogen) atoms. The van der Waals surface area contributed by atoms with Crippen molar-refractivity contribution in [3.05, 3.63) is 23.8 Å². The molecule has 0 aliphatic rings. The molecule has 1 atom stereocenters. The van der Waals surface area contributed by atoms with Gasteiger partial charge in [-0.2, -0.15) is 0 Å². The lowest BCUT2D eigenvalue weighted by Crippen LogP contribution is -2.27. The fourth-order valence-electron chi connectivity index (χ4n) is 2.35. The average molecular weight is 356 g/mol. The standard InChI is InChI=1S/C16H24N2O5S/c1-5-16(3,10-15(20)21)9-14(19)18-12-7-6-11(2)13(8-12)24(22,23)17-4/h6-8,17H,5,9-10H2,1-4H3,(H,18,19)(H,20,21)/t16-/m1/s1. The van der Waals surface area contributed by atoms with E-state index in [0.717, 1.165) is 0 Å². The summed E-state index contributed by atoms with van der Waals surface area (Å²) in [5.41, 5.74) is 0.264. The van der Waals surface area contributed by atoms with Gasteiger partial charge in [-0.05, 0) is 43.5 Å². The third-order valence-electron chi connectivity index (χ3n) is 4.05. The van der Waals surface area contributed by atoms with Crippen LogP contribution in [-0.4, -0.2) is 32.4 Å². The van der Waals surface area contributed by atoms with Crippen molar-refractivity contribution in [2.45, 2.75) is 44.9 Å². The van der Waals surface area contributed by atoms with E-state index in [2.05, 4.69) is 10.0 Å². The molecule has 8 heteroatoms. The first-order chi connectivity index (χ1) is 11.0. The van der Waals surface area contributed by atoms with E-state index < -0.39 is 21.4 Å². The van der Waals surface area contributed by atoms with Gasteiger partial charge in [0, 0.05) is 12.1 Å². The fraction of sp³-hybridized carbons (Fsp3) is 0.500. The molecule has 0 fully saturated rings. The van der Waals surface area contributed by atoms with E-state index in [1.165, 1.54) is 13.1 Å². The first kappa shape index (κ1) is 20.1. The quantitative estimate of drug-likeness (QED) is 0.660. The van der Waals surface area contributed by atoms with Gasteiger partial charge >= 0.3 is 5.97 Å². The Kier molecular flexibility index (Phi) is 6.50. The number of hydrogen-bond donors (Lipinski definition) is 3. The first-order valence-electron chi connectivity index (χ1n) is 7.59. The Labute approximate surface area is 142 Å². The summed E-state index contributed by atoms with van der Waals surface area (Å²) in [5.74, 6) is -1.30. The van der Waals surface area contributed by atoms with Gasteiger partial charge in [0.05, 0.1) is 11.3 Å². The van der Waals surface area contributed by atoms with Gasteiger partial charge in [0.25, 0.3) is 0 Å². The summed E-state index contributed by atoms with van der Waals surface area (Å²) < 4.78 is 26.2. The van der Waals surface area contributed by atoms with Crippen molar-refractivity contribution < 1.29 is 23.1 Å². The third-order valence-corrected chi connectivity index (χ3v) is 5.61. The molecule has 0 aliphatic heterocycles. The van der Waals surface area contributed by atoms with Gasteiger partial charge < -0.3 is 10.4 Å². The molecule has 1 amide bonds. The summed E-state index contributed by atoms with van der Waals surface area (Å²) in [6.07, 6.45) is 0.474. The van der Waals surface area contributed by atoms with Crippen LogP contribution in [0.3, 0.4) is 0 Å². The van der Waals surface area contributed by atoms with E-state index in [1.54, 1.807) is 26.0 Å². The van der Waals surface area contributed by atoms with Crippen LogP contribution in [0.25, 0.3) is 0 Å².